The maximum atomic E-state index is 12.8. The molecule has 1 fully saturated rings. The van der Waals surface area contributed by atoms with E-state index in [2.05, 4.69) is 41.5 Å². The molecule has 2 amide bonds. The predicted molar refractivity (Wildman–Crippen MR) is 126 cm³/mol. The first-order valence-electron chi connectivity index (χ1n) is 11.4. The minimum absolute atomic E-state index is 0.0202. The number of carbonyl (C=O) groups excluding carboxylic acids is 2. The number of anilines is 1. The molecule has 1 heterocycles. The van der Waals surface area contributed by atoms with Crippen LogP contribution in [0, 0.1) is 5.92 Å². The zero-order chi connectivity index (χ0) is 22.2. The van der Waals surface area contributed by atoms with Crippen LogP contribution in [0.5, 0.6) is 0 Å². The largest absolute Gasteiger partial charge is 0.371 e. The van der Waals surface area contributed by atoms with Crippen LogP contribution in [0.2, 0.25) is 0 Å². The van der Waals surface area contributed by atoms with Crippen LogP contribution in [-0.2, 0) is 11.2 Å². The van der Waals surface area contributed by atoms with Gasteiger partial charge in [-0.2, -0.15) is 0 Å². The van der Waals surface area contributed by atoms with E-state index in [1.165, 1.54) is 5.56 Å². The van der Waals surface area contributed by atoms with E-state index in [0.29, 0.717) is 12.3 Å². The van der Waals surface area contributed by atoms with E-state index in [4.69, 9.17) is 0 Å². The minimum Gasteiger partial charge on any atom is -0.371 e. The highest BCUT2D eigenvalue weighted by molar-refractivity contribution is 6.00. The van der Waals surface area contributed by atoms with Gasteiger partial charge in [0, 0.05) is 37.3 Å². The van der Waals surface area contributed by atoms with E-state index in [-0.39, 0.29) is 23.9 Å². The highest BCUT2D eigenvalue weighted by Gasteiger charge is 2.24. The maximum absolute atomic E-state index is 12.8. The fourth-order valence-electron chi connectivity index (χ4n) is 3.86. The molecule has 0 radical (unpaired) electrons. The monoisotopic (exact) mass is 421 g/mol. The third kappa shape index (κ3) is 6.58. The first-order valence-corrected chi connectivity index (χ1v) is 11.4. The van der Waals surface area contributed by atoms with Crippen molar-refractivity contribution in [1.82, 2.24) is 10.6 Å². The van der Waals surface area contributed by atoms with Gasteiger partial charge in [-0.25, -0.2) is 0 Å². The van der Waals surface area contributed by atoms with E-state index in [1.54, 1.807) is 0 Å². The van der Waals surface area contributed by atoms with Gasteiger partial charge in [0.1, 0.15) is 0 Å². The molecule has 3 rings (SSSR count). The van der Waals surface area contributed by atoms with Crippen molar-refractivity contribution in [2.45, 2.75) is 58.5 Å². The van der Waals surface area contributed by atoms with E-state index in [9.17, 15) is 9.59 Å². The molecule has 1 aliphatic heterocycles. The smallest absolute Gasteiger partial charge is 0.253 e. The molecular weight excluding hydrogens is 386 g/mol. The van der Waals surface area contributed by atoms with Crippen LogP contribution in [0.3, 0.4) is 0 Å². The molecule has 2 N–H and O–H groups in total. The lowest BCUT2D eigenvalue weighted by atomic mass is 10.0. The Hall–Kier alpha value is -2.82. The molecule has 1 saturated heterocycles. The lowest BCUT2D eigenvalue weighted by Gasteiger charge is -2.35. The van der Waals surface area contributed by atoms with Crippen molar-refractivity contribution >= 4 is 17.5 Å². The number of aryl methyl sites for hydroxylation is 1. The molecule has 0 spiro atoms. The Labute approximate surface area is 186 Å². The average Bonchev–Trinajstić information content (AvgIpc) is 2.79. The number of hydrogen-bond donors (Lipinski definition) is 2. The van der Waals surface area contributed by atoms with Crippen LogP contribution < -0.4 is 15.5 Å². The van der Waals surface area contributed by atoms with Crippen LogP contribution in [-0.4, -0.2) is 37.0 Å². The topological polar surface area (TPSA) is 61.4 Å². The van der Waals surface area contributed by atoms with Crippen molar-refractivity contribution in [1.29, 1.82) is 0 Å². The summed E-state index contributed by atoms with van der Waals surface area (Å²) >= 11 is 0. The highest BCUT2D eigenvalue weighted by Crippen LogP contribution is 2.24. The normalized spacial score (nSPS) is 15.5. The third-order valence-electron chi connectivity index (χ3n) is 6.19. The Balaban J connectivity index is 1.51. The molecular formula is C26H35N3O2. The standard InChI is InChI=1S/C26H35N3O2/c1-19(2)20(3)27-26(31)23-11-7-8-12-24(23)29-17-15-22(16-18-29)28-25(30)14-13-21-9-5-4-6-10-21/h4-12,19-20,22H,13-18H2,1-3H3,(H,27,31)(H,28,30)/t20-/m1/s1. The highest BCUT2D eigenvalue weighted by atomic mass is 16.2. The quantitative estimate of drug-likeness (QED) is 0.672. The summed E-state index contributed by atoms with van der Waals surface area (Å²) in [6.45, 7) is 7.91. The zero-order valence-electron chi connectivity index (χ0n) is 18.9. The number of benzene rings is 2. The van der Waals surface area contributed by atoms with Crippen LogP contribution in [0.4, 0.5) is 5.69 Å². The fourth-order valence-corrected chi connectivity index (χ4v) is 3.86. The van der Waals surface area contributed by atoms with Gasteiger partial charge in [0.15, 0.2) is 0 Å². The van der Waals surface area contributed by atoms with Gasteiger partial charge < -0.3 is 15.5 Å². The number of para-hydroxylation sites is 1. The molecule has 5 nitrogen and oxygen atoms in total. The number of nitrogens with one attached hydrogen (secondary N) is 2. The van der Waals surface area contributed by atoms with Crippen LogP contribution in [0.1, 0.15) is 56.0 Å². The Bertz CT molecular complexity index is 858. The summed E-state index contributed by atoms with van der Waals surface area (Å²) in [4.78, 5) is 27.5. The lowest BCUT2D eigenvalue weighted by molar-refractivity contribution is -0.121. The number of rotatable bonds is 8. The van der Waals surface area contributed by atoms with Crippen molar-refractivity contribution in [3.8, 4) is 0 Å². The Morgan fingerprint density at radius 1 is 0.968 bits per heavy atom. The van der Waals surface area contributed by atoms with Crippen molar-refractivity contribution < 1.29 is 9.59 Å². The van der Waals surface area contributed by atoms with Crippen molar-refractivity contribution in [3.05, 3.63) is 65.7 Å². The van der Waals surface area contributed by atoms with E-state index in [1.807, 2.05) is 49.4 Å². The predicted octanol–water partition coefficient (Wildman–Crippen LogP) is 4.18. The van der Waals surface area contributed by atoms with Gasteiger partial charge in [-0.1, -0.05) is 56.3 Å². The maximum Gasteiger partial charge on any atom is 0.253 e. The molecule has 0 bridgehead atoms. The van der Waals surface area contributed by atoms with Crippen LogP contribution in [0.25, 0.3) is 0 Å². The summed E-state index contributed by atoms with van der Waals surface area (Å²) in [5, 5.41) is 6.31. The summed E-state index contributed by atoms with van der Waals surface area (Å²) in [5.41, 5.74) is 2.89. The van der Waals surface area contributed by atoms with Crippen molar-refractivity contribution in [2.24, 2.45) is 5.92 Å². The van der Waals surface area contributed by atoms with Gasteiger partial charge >= 0.3 is 0 Å². The minimum atomic E-state index is -0.0202. The van der Waals surface area contributed by atoms with E-state index >= 15 is 0 Å². The molecule has 2 aromatic rings. The number of nitrogens with zero attached hydrogens (tertiary/aromatic N) is 1. The molecule has 1 atom stereocenters. The third-order valence-corrected chi connectivity index (χ3v) is 6.19. The molecule has 0 aromatic heterocycles. The van der Waals surface area contributed by atoms with Gasteiger partial charge in [-0.3, -0.25) is 9.59 Å². The average molecular weight is 422 g/mol. The molecule has 0 aliphatic carbocycles. The van der Waals surface area contributed by atoms with Crippen LogP contribution in [0.15, 0.2) is 54.6 Å². The molecule has 1 aliphatic rings. The Kier molecular flexibility index (Phi) is 8.10. The number of amides is 2. The molecule has 0 unspecified atom stereocenters. The molecule has 2 aromatic carbocycles. The molecule has 5 heteroatoms. The number of piperidine rings is 1. The van der Waals surface area contributed by atoms with Gasteiger partial charge in [0.05, 0.1) is 5.56 Å². The Morgan fingerprint density at radius 3 is 2.29 bits per heavy atom. The second-order valence-corrected chi connectivity index (χ2v) is 8.84. The molecule has 166 valence electrons. The second-order valence-electron chi connectivity index (χ2n) is 8.84. The van der Waals surface area contributed by atoms with Crippen molar-refractivity contribution in [3.63, 3.8) is 0 Å². The summed E-state index contributed by atoms with van der Waals surface area (Å²) in [6, 6.07) is 18.2. The lowest BCUT2D eigenvalue weighted by Crippen LogP contribution is -2.45. The Morgan fingerprint density at radius 2 is 1.61 bits per heavy atom. The second kappa shape index (κ2) is 11.0. The van der Waals surface area contributed by atoms with Crippen LogP contribution >= 0.6 is 0 Å². The van der Waals surface area contributed by atoms with Gasteiger partial charge in [0.25, 0.3) is 5.91 Å². The van der Waals surface area contributed by atoms with Gasteiger partial charge in [-0.05, 0) is 49.8 Å². The first-order chi connectivity index (χ1) is 14.9. The molecule has 31 heavy (non-hydrogen) atoms. The summed E-state index contributed by atoms with van der Waals surface area (Å²) < 4.78 is 0. The summed E-state index contributed by atoms with van der Waals surface area (Å²) in [5.74, 6) is 0.482. The fraction of sp³-hybridized carbons (Fsp3) is 0.462. The van der Waals surface area contributed by atoms with Crippen molar-refractivity contribution in [2.75, 3.05) is 18.0 Å². The SMILES string of the molecule is CC(C)[C@@H](C)NC(=O)c1ccccc1N1CCC(NC(=O)CCc2ccccc2)CC1. The van der Waals surface area contributed by atoms with Gasteiger partial charge in [-0.15, -0.1) is 0 Å². The summed E-state index contributed by atoms with van der Waals surface area (Å²) in [7, 11) is 0. The first kappa shape index (κ1) is 22.9. The zero-order valence-corrected chi connectivity index (χ0v) is 18.9. The number of carbonyl (C=O) groups is 2. The van der Waals surface area contributed by atoms with Gasteiger partial charge in [0.2, 0.25) is 5.91 Å². The molecule has 0 saturated carbocycles. The summed E-state index contributed by atoms with van der Waals surface area (Å²) in [6.07, 6.45) is 3.05. The number of hydrogen-bond acceptors (Lipinski definition) is 3. The van der Waals surface area contributed by atoms with E-state index < -0.39 is 0 Å². The van der Waals surface area contributed by atoms with E-state index in [0.717, 1.165) is 43.6 Å².